The lowest BCUT2D eigenvalue weighted by Gasteiger charge is -2.24. The second kappa shape index (κ2) is 51.1. The van der Waals surface area contributed by atoms with Crippen molar-refractivity contribution in [3.63, 3.8) is 0 Å². The molecule has 0 amide bonds. The van der Waals surface area contributed by atoms with Crippen LogP contribution in [0.5, 0.6) is 5.75 Å². The van der Waals surface area contributed by atoms with Crippen molar-refractivity contribution in [3.05, 3.63) is 350 Å². The van der Waals surface area contributed by atoms with E-state index in [4.69, 9.17) is 19.7 Å². The van der Waals surface area contributed by atoms with Gasteiger partial charge in [-0.2, -0.15) is 5.10 Å². The number of nitrogens with one attached hydrogen (secondary N) is 4. The van der Waals surface area contributed by atoms with Crippen LogP contribution in [0.1, 0.15) is 137 Å². The second-order valence-electron chi connectivity index (χ2n) is 36.8. The van der Waals surface area contributed by atoms with E-state index in [1.54, 1.807) is 46.5 Å². The van der Waals surface area contributed by atoms with E-state index in [2.05, 4.69) is 233 Å². The Bertz CT molecular complexity index is 6850. The van der Waals surface area contributed by atoms with Crippen LogP contribution in [0, 0.1) is 0 Å². The molecule has 8 N–H and O–H groups in total. The van der Waals surface area contributed by atoms with E-state index in [9.17, 15) is 34.8 Å². The van der Waals surface area contributed by atoms with Crippen molar-refractivity contribution >= 4 is 78.4 Å². The van der Waals surface area contributed by atoms with E-state index in [-0.39, 0.29) is 61.9 Å². The predicted octanol–water partition coefficient (Wildman–Crippen LogP) is 19.4. The van der Waals surface area contributed by atoms with Crippen LogP contribution in [-0.2, 0) is 66.7 Å². The maximum Gasteiger partial charge on any atom is 0.141 e. The third kappa shape index (κ3) is 27.2. The smallest absolute Gasteiger partial charge is 0.141 e. The van der Waals surface area contributed by atoms with Gasteiger partial charge in [0.15, 0.2) is 0 Å². The highest BCUT2D eigenvalue weighted by atomic mass is 16.5. The molecular formula is C117H130N20O8. The monoisotopic (exact) mass is 1940 g/mol. The number of imidazole rings is 5. The zero-order valence-electron chi connectivity index (χ0n) is 83.4. The zero-order chi connectivity index (χ0) is 101. The number of aliphatic hydroxyl groups excluding tert-OH is 4. The molecule has 0 fully saturated rings. The first kappa shape index (κ1) is 103. The Morgan fingerprint density at radius 1 is 0.379 bits per heavy atom. The van der Waals surface area contributed by atoms with Crippen LogP contribution < -0.4 is 35.4 Å². The molecule has 3 atom stereocenters. The number of benzene rings is 10. The van der Waals surface area contributed by atoms with Crippen LogP contribution in [-0.4, -0.2) is 179 Å². The lowest BCUT2D eigenvalue weighted by atomic mass is 10.00. The summed E-state index contributed by atoms with van der Waals surface area (Å²) in [5.74, 6) is 3.81. The topological polar surface area (TPSA) is 331 Å². The fourth-order valence-corrected chi connectivity index (χ4v) is 18.9. The Labute approximate surface area is 846 Å². The number of hydrogen-bond donors (Lipinski definition) is 8. The highest BCUT2D eigenvalue weighted by molar-refractivity contribution is 5.86. The van der Waals surface area contributed by atoms with E-state index in [1.165, 1.54) is 5.69 Å². The Kier molecular flexibility index (Phi) is 36.2. The van der Waals surface area contributed by atoms with Gasteiger partial charge in [0.2, 0.25) is 0 Å². The number of pyridine rings is 2. The summed E-state index contributed by atoms with van der Waals surface area (Å²) in [6, 6.07) is 82.9. The van der Waals surface area contributed by atoms with Crippen LogP contribution in [0.25, 0.3) is 100 Å². The molecule has 0 radical (unpaired) electrons. The fraction of sp³-hybridized carbons (Fsp3) is 0.291. The predicted molar refractivity (Wildman–Crippen MR) is 577 cm³/mol. The summed E-state index contributed by atoms with van der Waals surface area (Å²) in [7, 11) is 1.67. The molecule has 28 heteroatoms. The van der Waals surface area contributed by atoms with Gasteiger partial charge in [-0.05, 0) is 265 Å². The number of rotatable bonds is 49. The highest BCUT2D eigenvalue weighted by Gasteiger charge is 2.25. The molecule has 28 nitrogen and oxygen atoms in total. The van der Waals surface area contributed by atoms with Crippen LogP contribution in [0.3, 0.4) is 0 Å². The van der Waals surface area contributed by atoms with E-state index in [0.29, 0.717) is 71.6 Å². The number of fused-ring (bicyclic) bond motifs is 4. The lowest BCUT2D eigenvalue weighted by molar-refractivity contribution is -0.118. The van der Waals surface area contributed by atoms with E-state index in [0.717, 1.165) is 221 Å². The quantitative estimate of drug-likeness (QED) is 0.0176. The van der Waals surface area contributed by atoms with E-state index < -0.39 is 0 Å². The molecule has 18 rings (SSSR count). The number of carbonyl (C=O) groups excluding carboxylic acids is 3. The van der Waals surface area contributed by atoms with Gasteiger partial charge in [-0.25, -0.2) is 24.9 Å². The number of aliphatic hydroxyl groups is 4. The molecule has 0 aliphatic carbocycles. The number of hydrogen-bond acceptors (Lipinski definition) is 22. The van der Waals surface area contributed by atoms with Crippen LogP contribution >= 0.6 is 0 Å². The van der Waals surface area contributed by atoms with Crippen molar-refractivity contribution < 1.29 is 39.5 Å². The van der Waals surface area contributed by atoms with Gasteiger partial charge in [-0.3, -0.25) is 29.5 Å². The second-order valence-corrected chi connectivity index (χ2v) is 36.8. The standard InChI is InChI=1S/C41H47N7O.C39H43N7O3.C37H40N6O4/c1-4-22-47(23-5-2)37-14-11-35(12-15-37)41-45-39-28-36(13-16-40(39)48(41)25-6-24-46-26-21-43-30-46)38(27-31(3)49)44-29-32-7-9-33(10-8-32)34-17-19-42-20-18-34;1-29(49)25-36(42-27-30-3-5-31(6-4-30)32-13-15-40-16-14-32)34-9-12-38-37(26-34)43-39(46(38)19-2-18-44-20-17-41-28-44)33-7-10-35(11-8-33)45(21-23-47)22-24-48;1-25(46)18-34(38-22-26-6-12-33-30(19-26)23-39-41-33)29-9-13-36-35(21-29)40-37(43(36)24-27-4-3-5-32(20-27)47-2)28-7-10-31(11-8-28)42(14-16-44)15-17-45/h7-21,26,28,30,38,44H,4-6,22-25,27,29H2,1-3H3;3-17,20,26,28,36,42,47-48H,2,18-19,21-25,27H2,1H3;3-13,19-21,23,34,38,44-45H,14-18,22,24H2,1-2H3,(H,39,41). The number of anilines is 3. The Hall–Kier alpha value is -15.3. The number of aromatic amines is 1. The minimum atomic E-state index is -0.188. The maximum atomic E-state index is 12.4. The molecule has 18 aromatic rings. The number of aryl methyl sites for hydroxylation is 4. The van der Waals surface area contributed by atoms with Gasteiger partial charge in [0.05, 0.1) is 91.0 Å². The summed E-state index contributed by atoms with van der Waals surface area (Å²) in [6.45, 7) is 19.0. The van der Waals surface area contributed by atoms with Gasteiger partial charge in [-0.1, -0.05) is 98.8 Å². The minimum Gasteiger partial charge on any atom is -0.497 e. The number of H-pyrrole nitrogens is 1. The van der Waals surface area contributed by atoms with Gasteiger partial charge in [-0.15, -0.1) is 0 Å². The average Bonchev–Trinajstić information content (AvgIpc) is 1.65. The summed E-state index contributed by atoms with van der Waals surface area (Å²) >= 11 is 0. The van der Waals surface area contributed by atoms with Crippen molar-refractivity contribution in [2.45, 2.75) is 150 Å². The first-order valence-corrected chi connectivity index (χ1v) is 50.1. The van der Waals surface area contributed by atoms with Gasteiger partial charge >= 0.3 is 0 Å². The Balaban J connectivity index is 0.000000156. The zero-order valence-corrected chi connectivity index (χ0v) is 83.4. The highest BCUT2D eigenvalue weighted by Crippen LogP contribution is 2.37. The molecule has 0 bridgehead atoms. The van der Waals surface area contributed by atoms with Gasteiger partial charge in [0.1, 0.15) is 40.6 Å². The molecule has 0 saturated carbocycles. The van der Waals surface area contributed by atoms with Gasteiger partial charge in [0, 0.05) is 218 Å². The number of Topliss-reactive ketones (excluding diaryl/α,β-unsaturated/α-hetero) is 3. The molecule has 8 aromatic heterocycles. The molecule has 10 aromatic carbocycles. The molecule has 0 spiro atoms. The largest absolute Gasteiger partial charge is 0.497 e. The van der Waals surface area contributed by atoms with Crippen molar-refractivity contribution in [1.82, 2.24) is 83.9 Å². The van der Waals surface area contributed by atoms with E-state index in [1.807, 2.05) is 157 Å². The summed E-state index contributed by atoms with van der Waals surface area (Å²) in [4.78, 5) is 75.8. The SMILES string of the molecule is CC(=O)CC(NCc1ccc(-c2ccncc2)cc1)c1ccc2c(c1)nc(-c1ccc(N(CCO)CCO)cc1)n2CCCn1ccnc1.CCCN(CCC)c1ccc(-c2nc3cc(C(CC(C)=O)NCc4ccc(-c5ccncc5)cc4)ccc3n2CCCn2ccnc2)cc1.COc1cccc(Cn2c(-c3ccc(N(CCO)CCO)cc3)nc3cc(C(CC(C)=O)NCc4ccc5[nH]ncc5c4)ccc32)c1. The molecule has 0 saturated heterocycles. The van der Waals surface area contributed by atoms with Crippen molar-refractivity contribution in [2.24, 2.45) is 0 Å². The first-order valence-electron chi connectivity index (χ1n) is 50.1. The number of aromatic nitrogens is 14. The molecular weight excluding hydrogens is 1810 g/mol. The number of methoxy groups -OCH3 is 1. The van der Waals surface area contributed by atoms with Crippen molar-refractivity contribution in [2.75, 3.05) is 87.5 Å². The lowest BCUT2D eigenvalue weighted by Crippen LogP contribution is -2.29. The summed E-state index contributed by atoms with van der Waals surface area (Å²) in [5.41, 5.74) is 25.0. The first-order chi connectivity index (χ1) is 71.0. The molecule has 746 valence electrons. The Morgan fingerprint density at radius 3 is 1.13 bits per heavy atom. The number of nitrogens with zero attached hydrogens (tertiary/aromatic N) is 16. The third-order valence-electron chi connectivity index (χ3n) is 26.2. The molecule has 0 aliphatic heterocycles. The van der Waals surface area contributed by atoms with Crippen LogP contribution in [0.15, 0.2) is 311 Å². The summed E-state index contributed by atoms with van der Waals surface area (Å²) in [6.07, 6.45) is 25.6. The fourth-order valence-electron chi connectivity index (χ4n) is 18.9. The third-order valence-corrected chi connectivity index (χ3v) is 26.2. The molecule has 8 heterocycles. The summed E-state index contributed by atoms with van der Waals surface area (Å²) in [5, 5.41) is 57.1. The van der Waals surface area contributed by atoms with Crippen molar-refractivity contribution in [3.8, 4) is 62.2 Å². The number of carbonyl (C=O) groups is 3. The number of ether oxygens (including phenoxy) is 1. The summed E-state index contributed by atoms with van der Waals surface area (Å²) < 4.78 is 16.5. The van der Waals surface area contributed by atoms with Gasteiger partial charge < -0.3 is 78.6 Å². The maximum absolute atomic E-state index is 12.4. The average molecular weight is 1940 g/mol. The number of ketones is 3. The normalized spacial score (nSPS) is 12.0. The van der Waals surface area contributed by atoms with Crippen LogP contribution in [0.2, 0.25) is 0 Å². The van der Waals surface area contributed by atoms with E-state index >= 15 is 0 Å². The molecule has 0 aliphatic rings. The molecule has 3 unspecified atom stereocenters. The van der Waals surface area contributed by atoms with Crippen molar-refractivity contribution in [1.29, 1.82) is 0 Å². The van der Waals surface area contributed by atoms with Crippen LogP contribution in [0.4, 0.5) is 17.1 Å². The Morgan fingerprint density at radius 2 is 0.752 bits per heavy atom. The van der Waals surface area contributed by atoms with Gasteiger partial charge in [0.25, 0.3) is 0 Å². The minimum absolute atomic E-state index is 0.000478. The molecule has 145 heavy (non-hydrogen) atoms.